The molecule has 1 heterocycles. The first-order valence-corrected chi connectivity index (χ1v) is 5.92. The summed E-state index contributed by atoms with van der Waals surface area (Å²) >= 11 is 0. The number of rotatable bonds is 5. The van der Waals surface area contributed by atoms with Gasteiger partial charge in [-0.3, -0.25) is 0 Å². The first kappa shape index (κ1) is 12.6. The number of benzene rings is 1. The summed E-state index contributed by atoms with van der Waals surface area (Å²) < 4.78 is 10.7. The van der Waals surface area contributed by atoms with Crippen LogP contribution in [0.25, 0.3) is 0 Å². The number of ether oxygens (including phenoxy) is 1. The van der Waals surface area contributed by atoms with E-state index in [1.165, 1.54) is 0 Å². The summed E-state index contributed by atoms with van der Waals surface area (Å²) in [5, 5.41) is 3.87. The molecule has 2 unspecified atom stereocenters. The van der Waals surface area contributed by atoms with Gasteiger partial charge in [0, 0.05) is 6.04 Å². The molecule has 5 nitrogen and oxygen atoms in total. The highest BCUT2D eigenvalue weighted by Crippen LogP contribution is 2.16. The predicted octanol–water partition coefficient (Wildman–Crippen LogP) is 2.10. The molecule has 0 radical (unpaired) electrons. The van der Waals surface area contributed by atoms with E-state index in [4.69, 9.17) is 15.0 Å². The molecule has 2 rings (SSSR count). The Bertz CT molecular complexity index is 482. The SMILES string of the molecule is CC(N)C(C)c1nc(COc2ccccc2)no1. The van der Waals surface area contributed by atoms with E-state index < -0.39 is 0 Å². The maximum Gasteiger partial charge on any atom is 0.231 e. The van der Waals surface area contributed by atoms with Crippen molar-refractivity contribution in [1.29, 1.82) is 0 Å². The fraction of sp³-hybridized carbons (Fsp3) is 0.385. The van der Waals surface area contributed by atoms with E-state index in [1.54, 1.807) is 0 Å². The molecule has 2 N–H and O–H groups in total. The van der Waals surface area contributed by atoms with Crippen LogP contribution in [0.2, 0.25) is 0 Å². The van der Waals surface area contributed by atoms with Gasteiger partial charge in [-0.2, -0.15) is 4.98 Å². The van der Waals surface area contributed by atoms with Crippen LogP contribution in [-0.4, -0.2) is 16.2 Å². The van der Waals surface area contributed by atoms with E-state index in [-0.39, 0.29) is 12.0 Å². The minimum absolute atomic E-state index is 0.0201. The van der Waals surface area contributed by atoms with Gasteiger partial charge in [0.25, 0.3) is 0 Å². The fourth-order valence-electron chi connectivity index (χ4n) is 1.40. The lowest BCUT2D eigenvalue weighted by atomic mass is 10.1. The molecule has 2 aromatic rings. The number of hydrogen-bond donors (Lipinski definition) is 1. The maximum absolute atomic E-state index is 5.78. The van der Waals surface area contributed by atoms with Crippen LogP contribution in [0.1, 0.15) is 31.5 Å². The zero-order chi connectivity index (χ0) is 13.0. The lowest BCUT2D eigenvalue weighted by Gasteiger charge is -2.09. The van der Waals surface area contributed by atoms with Crippen molar-refractivity contribution < 1.29 is 9.26 Å². The van der Waals surface area contributed by atoms with Crippen LogP contribution in [0.4, 0.5) is 0 Å². The molecule has 0 bridgehead atoms. The van der Waals surface area contributed by atoms with E-state index in [0.717, 1.165) is 5.75 Å². The molecule has 0 aliphatic rings. The third-order valence-electron chi connectivity index (χ3n) is 2.77. The van der Waals surface area contributed by atoms with E-state index in [9.17, 15) is 0 Å². The third-order valence-corrected chi connectivity index (χ3v) is 2.77. The fourth-order valence-corrected chi connectivity index (χ4v) is 1.40. The quantitative estimate of drug-likeness (QED) is 0.875. The summed E-state index contributed by atoms with van der Waals surface area (Å²) in [6.45, 7) is 4.16. The molecule has 0 saturated heterocycles. The zero-order valence-electron chi connectivity index (χ0n) is 10.5. The average Bonchev–Trinajstić information content (AvgIpc) is 2.85. The highest BCUT2D eigenvalue weighted by atomic mass is 16.5. The molecule has 1 aromatic carbocycles. The highest BCUT2D eigenvalue weighted by Gasteiger charge is 2.17. The molecule has 5 heteroatoms. The first-order valence-electron chi connectivity index (χ1n) is 5.92. The first-order chi connectivity index (χ1) is 8.66. The van der Waals surface area contributed by atoms with Gasteiger partial charge in [0.15, 0.2) is 6.61 Å². The zero-order valence-corrected chi connectivity index (χ0v) is 10.5. The van der Waals surface area contributed by atoms with E-state index in [2.05, 4.69) is 10.1 Å². The van der Waals surface area contributed by atoms with Gasteiger partial charge in [0.1, 0.15) is 5.75 Å². The van der Waals surface area contributed by atoms with Gasteiger partial charge in [-0.05, 0) is 19.1 Å². The predicted molar refractivity (Wildman–Crippen MR) is 67.1 cm³/mol. The second kappa shape index (κ2) is 5.64. The molecule has 0 amide bonds. The highest BCUT2D eigenvalue weighted by molar-refractivity contribution is 5.20. The molecule has 0 aliphatic carbocycles. The lowest BCUT2D eigenvalue weighted by molar-refractivity contribution is 0.283. The van der Waals surface area contributed by atoms with Crippen LogP contribution in [0.3, 0.4) is 0 Å². The minimum Gasteiger partial charge on any atom is -0.485 e. The lowest BCUT2D eigenvalue weighted by Crippen LogP contribution is -2.22. The van der Waals surface area contributed by atoms with E-state index in [1.807, 2.05) is 44.2 Å². The molecule has 96 valence electrons. The largest absolute Gasteiger partial charge is 0.485 e. The summed E-state index contributed by atoms with van der Waals surface area (Å²) in [5.74, 6) is 1.91. The topological polar surface area (TPSA) is 74.2 Å². The van der Waals surface area contributed by atoms with Crippen LogP contribution in [0.15, 0.2) is 34.9 Å². The molecule has 18 heavy (non-hydrogen) atoms. The van der Waals surface area contributed by atoms with Crippen molar-refractivity contribution in [3.63, 3.8) is 0 Å². The Morgan fingerprint density at radius 3 is 2.67 bits per heavy atom. The van der Waals surface area contributed by atoms with Gasteiger partial charge < -0.3 is 15.0 Å². The maximum atomic E-state index is 5.78. The smallest absolute Gasteiger partial charge is 0.231 e. The van der Waals surface area contributed by atoms with Gasteiger partial charge in [-0.15, -0.1) is 0 Å². The van der Waals surface area contributed by atoms with Crippen molar-refractivity contribution in [2.45, 2.75) is 32.4 Å². The van der Waals surface area contributed by atoms with Crippen molar-refractivity contribution in [2.24, 2.45) is 5.73 Å². The Morgan fingerprint density at radius 1 is 1.28 bits per heavy atom. The molecule has 0 saturated carbocycles. The Labute approximate surface area is 106 Å². The van der Waals surface area contributed by atoms with Crippen LogP contribution >= 0.6 is 0 Å². The van der Waals surface area contributed by atoms with Gasteiger partial charge in [0.05, 0.1) is 5.92 Å². The van der Waals surface area contributed by atoms with Crippen molar-refractivity contribution in [2.75, 3.05) is 0 Å². The summed E-state index contributed by atoms with van der Waals surface area (Å²) in [4.78, 5) is 4.26. The van der Waals surface area contributed by atoms with Crippen molar-refractivity contribution in [1.82, 2.24) is 10.1 Å². The standard InChI is InChI=1S/C13H17N3O2/c1-9(10(2)14)13-15-12(16-18-13)8-17-11-6-4-3-5-7-11/h3-7,9-10H,8,14H2,1-2H3. The van der Waals surface area contributed by atoms with Gasteiger partial charge in [-0.1, -0.05) is 30.3 Å². The normalized spacial score (nSPS) is 14.2. The Morgan fingerprint density at radius 2 is 2.00 bits per heavy atom. The number of nitrogens with two attached hydrogens (primary N) is 1. The summed E-state index contributed by atoms with van der Waals surface area (Å²) in [6, 6.07) is 9.50. The van der Waals surface area contributed by atoms with Gasteiger partial charge in [-0.25, -0.2) is 0 Å². The number of para-hydroxylation sites is 1. The molecule has 0 fully saturated rings. The second-order valence-electron chi connectivity index (χ2n) is 4.30. The Balaban J connectivity index is 1.95. The summed E-state index contributed by atoms with van der Waals surface area (Å²) in [6.07, 6.45) is 0. The molecule has 1 aromatic heterocycles. The molecular formula is C13H17N3O2. The van der Waals surface area contributed by atoms with Gasteiger partial charge in [0.2, 0.25) is 11.7 Å². The number of aromatic nitrogens is 2. The van der Waals surface area contributed by atoms with Crippen molar-refractivity contribution in [3.8, 4) is 5.75 Å². The number of nitrogens with zero attached hydrogens (tertiary/aromatic N) is 2. The molecule has 2 atom stereocenters. The van der Waals surface area contributed by atoms with Crippen LogP contribution in [0.5, 0.6) is 5.75 Å². The average molecular weight is 247 g/mol. The number of hydrogen-bond acceptors (Lipinski definition) is 5. The van der Waals surface area contributed by atoms with Crippen LogP contribution in [-0.2, 0) is 6.61 Å². The van der Waals surface area contributed by atoms with Crippen molar-refractivity contribution in [3.05, 3.63) is 42.0 Å². The monoisotopic (exact) mass is 247 g/mol. The molecule has 0 spiro atoms. The molecule has 0 aliphatic heterocycles. The summed E-state index contributed by atoms with van der Waals surface area (Å²) in [5.41, 5.74) is 5.78. The Hall–Kier alpha value is -1.88. The van der Waals surface area contributed by atoms with Crippen molar-refractivity contribution >= 4 is 0 Å². The summed E-state index contributed by atoms with van der Waals surface area (Å²) in [7, 11) is 0. The molecular weight excluding hydrogens is 230 g/mol. The van der Waals surface area contributed by atoms with E-state index in [0.29, 0.717) is 18.3 Å². The second-order valence-corrected chi connectivity index (χ2v) is 4.30. The van der Waals surface area contributed by atoms with Gasteiger partial charge >= 0.3 is 0 Å². The third kappa shape index (κ3) is 3.07. The van der Waals surface area contributed by atoms with Crippen LogP contribution < -0.4 is 10.5 Å². The Kier molecular flexibility index (Phi) is 3.94. The minimum atomic E-state index is -0.0201. The van der Waals surface area contributed by atoms with E-state index >= 15 is 0 Å². The van der Waals surface area contributed by atoms with Crippen LogP contribution in [0, 0.1) is 0 Å².